The van der Waals surface area contributed by atoms with Crippen LogP contribution < -0.4 is 5.32 Å². The molecule has 3 heteroatoms. The number of ether oxygens (including phenoxy) is 1. The summed E-state index contributed by atoms with van der Waals surface area (Å²) in [5.74, 6) is 0. The molecule has 0 radical (unpaired) electrons. The van der Waals surface area contributed by atoms with Gasteiger partial charge in [-0.15, -0.1) is 0 Å². The van der Waals surface area contributed by atoms with Crippen molar-refractivity contribution >= 4 is 11.3 Å². The van der Waals surface area contributed by atoms with Crippen molar-refractivity contribution in [3.63, 3.8) is 0 Å². The lowest BCUT2D eigenvalue weighted by molar-refractivity contribution is 0.0302. The molecule has 2 nitrogen and oxygen atoms in total. The number of rotatable bonds is 7. The SMILES string of the molecule is CCCNC(CCc1ccsc1)C1CCC(C)O1. The fourth-order valence-electron chi connectivity index (χ4n) is 2.64. The fraction of sp³-hybridized carbons (Fsp3) is 0.733. The standard InChI is InChI=1S/C15H25NOS/c1-3-9-16-14(15-7-4-12(2)17-15)6-5-13-8-10-18-11-13/h8,10-12,14-16H,3-7,9H2,1-2H3. The Bertz CT molecular complexity index is 325. The third kappa shape index (κ3) is 4.08. The maximum atomic E-state index is 6.03. The van der Waals surface area contributed by atoms with Crippen LogP contribution in [0.3, 0.4) is 0 Å². The summed E-state index contributed by atoms with van der Waals surface area (Å²) in [6.07, 6.45) is 6.84. The highest BCUT2D eigenvalue weighted by Crippen LogP contribution is 2.24. The van der Waals surface area contributed by atoms with Crippen LogP contribution in [0.15, 0.2) is 16.8 Å². The molecule has 0 aromatic carbocycles. The second-order valence-electron chi connectivity index (χ2n) is 5.29. The van der Waals surface area contributed by atoms with Crippen LogP contribution >= 0.6 is 11.3 Å². The van der Waals surface area contributed by atoms with Gasteiger partial charge in [-0.25, -0.2) is 0 Å². The summed E-state index contributed by atoms with van der Waals surface area (Å²) in [7, 11) is 0. The minimum Gasteiger partial charge on any atom is -0.374 e. The molecular weight excluding hydrogens is 242 g/mol. The molecule has 0 spiro atoms. The predicted molar refractivity (Wildman–Crippen MR) is 78.3 cm³/mol. The van der Waals surface area contributed by atoms with E-state index in [1.807, 2.05) is 0 Å². The number of thiophene rings is 1. The Morgan fingerprint density at radius 1 is 1.50 bits per heavy atom. The zero-order valence-electron chi connectivity index (χ0n) is 11.5. The van der Waals surface area contributed by atoms with Crippen LogP contribution in [0.1, 0.15) is 45.1 Å². The van der Waals surface area contributed by atoms with Gasteiger partial charge in [-0.1, -0.05) is 6.92 Å². The topological polar surface area (TPSA) is 21.3 Å². The predicted octanol–water partition coefficient (Wildman–Crippen LogP) is 3.62. The number of aryl methyl sites for hydroxylation is 1. The van der Waals surface area contributed by atoms with Crippen LogP contribution in [-0.4, -0.2) is 24.8 Å². The first-order chi connectivity index (χ1) is 8.79. The van der Waals surface area contributed by atoms with E-state index in [0.717, 1.165) is 6.54 Å². The summed E-state index contributed by atoms with van der Waals surface area (Å²) in [6, 6.07) is 2.76. The van der Waals surface area contributed by atoms with Crippen molar-refractivity contribution in [2.45, 2.75) is 64.2 Å². The highest BCUT2D eigenvalue weighted by atomic mass is 32.1. The van der Waals surface area contributed by atoms with Crippen molar-refractivity contribution in [2.24, 2.45) is 0 Å². The summed E-state index contributed by atoms with van der Waals surface area (Å²) in [6.45, 7) is 5.51. The van der Waals surface area contributed by atoms with Gasteiger partial charge in [0.25, 0.3) is 0 Å². The molecule has 2 heterocycles. The molecule has 1 fully saturated rings. The van der Waals surface area contributed by atoms with Gasteiger partial charge < -0.3 is 10.1 Å². The number of hydrogen-bond donors (Lipinski definition) is 1. The second kappa shape index (κ2) is 7.27. The van der Waals surface area contributed by atoms with Gasteiger partial charge in [0.15, 0.2) is 0 Å². The van der Waals surface area contributed by atoms with Gasteiger partial charge >= 0.3 is 0 Å². The lowest BCUT2D eigenvalue weighted by atomic mass is 10.0. The van der Waals surface area contributed by atoms with Crippen molar-refractivity contribution in [1.29, 1.82) is 0 Å². The maximum absolute atomic E-state index is 6.03. The van der Waals surface area contributed by atoms with E-state index in [4.69, 9.17) is 4.74 Å². The lowest BCUT2D eigenvalue weighted by Gasteiger charge is -2.24. The molecule has 18 heavy (non-hydrogen) atoms. The third-order valence-electron chi connectivity index (χ3n) is 3.69. The van der Waals surface area contributed by atoms with Gasteiger partial charge in [0.05, 0.1) is 12.2 Å². The molecule has 1 aromatic heterocycles. The molecule has 3 atom stereocenters. The maximum Gasteiger partial charge on any atom is 0.0732 e. The molecule has 1 saturated heterocycles. The molecule has 1 N–H and O–H groups in total. The molecular formula is C15H25NOS. The van der Waals surface area contributed by atoms with Gasteiger partial charge in [0.2, 0.25) is 0 Å². The van der Waals surface area contributed by atoms with Crippen LogP contribution in [-0.2, 0) is 11.2 Å². The van der Waals surface area contributed by atoms with Crippen molar-refractivity contribution in [3.8, 4) is 0 Å². The first-order valence-electron chi connectivity index (χ1n) is 7.19. The van der Waals surface area contributed by atoms with Gasteiger partial charge in [-0.3, -0.25) is 0 Å². The first-order valence-corrected chi connectivity index (χ1v) is 8.13. The minimum absolute atomic E-state index is 0.421. The van der Waals surface area contributed by atoms with Crippen molar-refractivity contribution < 1.29 is 4.74 Å². The van der Waals surface area contributed by atoms with Crippen molar-refractivity contribution in [3.05, 3.63) is 22.4 Å². The van der Waals surface area contributed by atoms with E-state index in [1.54, 1.807) is 11.3 Å². The quantitative estimate of drug-likeness (QED) is 0.815. The minimum atomic E-state index is 0.421. The zero-order valence-corrected chi connectivity index (χ0v) is 12.3. The van der Waals surface area contributed by atoms with Gasteiger partial charge in [0.1, 0.15) is 0 Å². The number of nitrogens with one attached hydrogen (secondary N) is 1. The van der Waals surface area contributed by atoms with Crippen LogP contribution in [0.4, 0.5) is 0 Å². The Labute approximate surface area is 115 Å². The molecule has 0 aliphatic carbocycles. The summed E-state index contributed by atoms with van der Waals surface area (Å²) in [5, 5.41) is 8.10. The summed E-state index contributed by atoms with van der Waals surface area (Å²) >= 11 is 1.79. The van der Waals surface area contributed by atoms with E-state index < -0.39 is 0 Å². The number of hydrogen-bond acceptors (Lipinski definition) is 3. The van der Waals surface area contributed by atoms with E-state index in [2.05, 4.69) is 36.0 Å². The zero-order chi connectivity index (χ0) is 12.8. The van der Waals surface area contributed by atoms with Crippen LogP contribution in [0, 0.1) is 0 Å². The molecule has 0 saturated carbocycles. The van der Waals surface area contributed by atoms with Crippen LogP contribution in [0.25, 0.3) is 0 Å². The van der Waals surface area contributed by atoms with Crippen LogP contribution in [0.2, 0.25) is 0 Å². The third-order valence-corrected chi connectivity index (χ3v) is 4.43. The molecule has 1 aliphatic heterocycles. The van der Waals surface area contributed by atoms with Gasteiger partial charge in [-0.2, -0.15) is 11.3 Å². The molecule has 1 aromatic rings. The van der Waals surface area contributed by atoms with Crippen molar-refractivity contribution in [1.82, 2.24) is 5.32 Å². The average Bonchev–Trinajstić information content (AvgIpc) is 3.01. The Hall–Kier alpha value is -0.380. The fourth-order valence-corrected chi connectivity index (χ4v) is 3.34. The monoisotopic (exact) mass is 267 g/mol. The Morgan fingerprint density at radius 2 is 2.39 bits per heavy atom. The van der Waals surface area contributed by atoms with Gasteiger partial charge in [0, 0.05) is 6.04 Å². The Balaban J connectivity index is 1.84. The molecule has 1 aliphatic rings. The van der Waals surface area contributed by atoms with Crippen molar-refractivity contribution in [2.75, 3.05) is 6.54 Å². The normalized spacial score (nSPS) is 25.4. The van der Waals surface area contributed by atoms with E-state index in [-0.39, 0.29) is 0 Å². The molecule has 0 amide bonds. The van der Waals surface area contributed by atoms with E-state index in [1.165, 1.54) is 37.7 Å². The van der Waals surface area contributed by atoms with E-state index >= 15 is 0 Å². The molecule has 102 valence electrons. The highest BCUT2D eigenvalue weighted by Gasteiger charge is 2.28. The smallest absolute Gasteiger partial charge is 0.0732 e. The molecule has 3 unspecified atom stereocenters. The molecule has 0 bridgehead atoms. The van der Waals surface area contributed by atoms with E-state index in [0.29, 0.717) is 18.2 Å². The summed E-state index contributed by atoms with van der Waals surface area (Å²) < 4.78 is 6.03. The highest BCUT2D eigenvalue weighted by molar-refractivity contribution is 7.07. The first kappa shape index (κ1) is 14.0. The van der Waals surface area contributed by atoms with Gasteiger partial charge in [-0.05, 0) is 68.0 Å². The average molecular weight is 267 g/mol. The summed E-state index contributed by atoms with van der Waals surface area (Å²) in [4.78, 5) is 0. The Kier molecular flexibility index (Phi) is 5.67. The van der Waals surface area contributed by atoms with E-state index in [9.17, 15) is 0 Å². The van der Waals surface area contributed by atoms with Crippen LogP contribution in [0.5, 0.6) is 0 Å². The second-order valence-corrected chi connectivity index (χ2v) is 6.07. The molecule has 2 rings (SSSR count). The largest absolute Gasteiger partial charge is 0.374 e. The lowest BCUT2D eigenvalue weighted by Crippen LogP contribution is -2.40. The summed E-state index contributed by atoms with van der Waals surface area (Å²) in [5.41, 5.74) is 1.47. The Morgan fingerprint density at radius 3 is 3.00 bits per heavy atom.